The molecule has 4 aromatic rings. The van der Waals surface area contributed by atoms with Gasteiger partial charge in [-0.1, -0.05) is 6.07 Å². The number of carbonyl (C=O) groups is 5. The summed E-state index contributed by atoms with van der Waals surface area (Å²) in [6, 6.07) is 21.4. The molecule has 10 heteroatoms. The second-order valence-corrected chi connectivity index (χ2v) is 8.73. The number of aromatic carboxylic acids is 1. The first-order chi connectivity index (χ1) is 19.7. The molecule has 0 fully saturated rings. The number of anilines is 2. The number of hydrogen-bond acceptors (Lipinski definition) is 8. The average molecular weight is 553 g/mol. The molecule has 1 amide bonds. The quantitative estimate of drug-likeness (QED) is 0.163. The summed E-state index contributed by atoms with van der Waals surface area (Å²) in [4.78, 5) is 60.7. The lowest BCUT2D eigenvalue weighted by Gasteiger charge is -2.11. The summed E-state index contributed by atoms with van der Waals surface area (Å²) < 4.78 is 10.6. The number of benzene rings is 4. The Morgan fingerprint density at radius 2 is 1.29 bits per heavy atom. The van der Waals surface area contributed by atoms with Crippen LogP contribution >= 0.6 is 0 Å². The van der Waals surface area contributed by atoms with Gasteiger partial charge >= 0.3 is 5.97 Å². The minimum Gasteiger partial charge on any atom is -0.478 e. The molecule has 4 rings (SSSR count). The highest BCUT2D eigenvalue weighted by Gasteiger charge is 2.21. The van der Waals surface area contributed by atoms with E-state index in [1.807, 2.05) is 31.3 Å². The third-order valence-electron chi connectivity index (χ3n) is 6.04. The van der Waals surface area contributed by atoms with Gasteiger partial charge in [-0.05, 0) is 85.8 Å². The van der Waals surface area contributed by atoms with Crippen LogP contribution in [0.3, 0.4) is 0 Å². The lowest BCUT2D eigenvalue weighted by molar-refractivity contribution is -0.120. The second kappa shape index (κ2) is 12.4. The SMILES string of the molecule is CNc1ccc(Oc2ccc(NC(=O)c3ccc(C(=O)c4ccc(OC=O)c(C(C)=O)c4)cc3C(=O)O)cc2)cc1. The number of nitrogens with one attached hydrogen (secondary N) is 2. The number of ketones is 2. The van der Waals surface area contributed by atoms with E-state index in [9.17, 15) is 29.1 Å². The summed E-state index contributed by atoms with van der Waals surface area (Å²) in [5, 5.41) is 15.4. The van der Waals surface area contributed by atoms with Crippen LogP contribution in [-0.4, -0.2) is 42.1 Å². The summed E-state index contributed by atoms with van der Waals surface area (Å²) in [5.41, 5.74) is 0.878. The zero-order chi connectivity index (χ0) is 29.5. The summed E-state index contributed by atoms with van der Waals surface area (Å²) in [5.74, 6) is -1.96. The lowest BCUT2D eigenvalue weighted by Crippen LogP contribution is -2.17. The summed E-state index contributed by atoms with van der Waals surface area (Å²) in [6.45, 7) is 1.42. The maximum Gasteiger partial charge on any atom is 0.336 e. The number of ether oxygens (including phenoxy) is 2. The fourth-order valence-corrected chi connectivity index (χ4v) is 3.96. The zero-order valence-electron chi connectivity index (χ0n) is 22.0. The van der Waals surface area contributed by atoms with Crippen LogP contribution in [0.4, 0.5) is 11.4 Å². The van der Waals surface area contributed by atoms with Crippen LogP contribution in [0, 0.1) is 0 Å². The van der Waals surface area contributed by atoms with E-state index >= 15 is 0 Å². The van der Waals surface area contributed by atoms with Gasteiger partial charge in [0, 0.05) is 29.5 Å². The van der Waals surface area contributed by atoms with Gasteiger partial charge in [0.2, 0.25) is 0 Å². The number of hydrogen-bond donors (Lipinski definition) is 3. The van der Waals surface area contributed by atoms with Crippen molar-refractivity contribution in [3.8, 4) is 17.2 Å². The minimum atomic E-state index is -1.41. The van der Waals surface area contributed by atoms with Crippen molar-refractivity contribution in [2.45, 2.75) is 6.92 Å². The molecule has 0 aromatic heterocycles. The van der Waals surface area contributed by atoms with Crippen molar-refractivity contribution < 1.29 is 38.6 Å². The maximum absolute atomic E-state index is 13.1. The van der Waals surface area contributed by atoms with Gasteiger partial charge in [0.25, 0.3) is 12.4 Å². The van der Waals surface area contributed by atoms with Gasteiger partial charge < -0.3 is 25.2 Å². The topological polar surface area (TPSA) is 148 Å². The fraction of sp³-hybridized carbons (Fsp3) is 0.0645. The van der Waals surface area contributed by atoms with Gasteiger partial charge in [-0.15, -0.1) is 0 Å². The van der Waals surface area contributed by atoms with Gasteiger partial charge in [-0.3, -0.25) is 19.2 Å². The summed E-state index contributed by atoms with van der Waals surface area (Å²) in [6.07, 6.45) is 0. The van der Waals surface area contributed by atoms with Crippen LogP contribution < -0.4 is 20.1 Å². The molecule has 206 valence electrons. The normalized spacial score (nSPS) is 10.3. The number of Topliss-reactive ketones (excluding diaryl/α,β-unsaturated/α-hetero) is 1. The Labute approximate surface area is 234 Å². The van der Waals surface area contributed by atoms with E-state index < -0.39 is 23.4 Å². The third-order valence-corrected chi connectivity index (χ3v) is 6.04. The first kappa shape index (κ1) is 28.2. The van der Waals surface area contributed by atoms with Crippen LogP contribution in [0.1, 0.15) is 53.9 Å². The summed E-state index contributed by atoms with van der Waals surface area (Å²) >= 11 is 0. The fourth-order valence-electron chi connectivity index (χ4n) is 3.96. The molecule has 0 saturated carbocycles. The molecule has 0 saturated heterocycles. The molecule has 0 aliphatic heterocycles. The van der Waals surface area contributed by atoms with Crippen molar-refractivity contribution in [2.75, 3.05) is 17.7 Å². The molecule has 0 bridgehead atoms. The number of carboxylic acid groups (broad SMARTS) is 1. The van der Waals surface area contributed by atoms with E-state index in [4.69, 9.17) is 9.47 Å². The van der Waals surface area contributed by atoms with Crippen molar-refractivity contribution in [2.24, 2.45) is 0 Å². The van der Waals surface area contributed by atoms with Gasteiger partial charge in [0.1, 0.15) is 17.2 Å². The molecule has 0 unspecified atom stereocenters. The van der Waals surface area contributed by atoms with Crippen molar-refractivity contribution >= 4 is 41.3 Å². The molecule has 0 aliphatic carbocycles. The van der Waals surface area contributed by atoms with E-state index in [1.165, 1.54) is 37.3 Å². The first-order valence-electron chi connectivity index (χ1n) is 12.2. The molecule has 4 aromatic carbocycles. The highest BCUT2D eigenvalue weighted by Crippen LogP contribution is 2.26. The van der Waals surface area contributed by atoms with Gasteiger partial charge in [-0.25, -0.2) is 4.79 Å². The van der Waals surface area contributed by atoms with Crippen molar-refractivity contribution in [1.82, 2.24) is 0 Å². The Kier molecular flexibility index (Phi) is 8.54. The Hall–Kier alpha value is -5.77. The van der Waals surface area contributed by atoms with E-state index in [0.717, 1.165) is 11.8 Å². The van der Waals surface area contributed by atoms with Crippen molar-refractivity contribution in [3.05, 3.63) is 113 Å². The van der Waals surface area contributed by atoms with Crippen molar-refractivity contribution in [3.63, 3.8) is 0 Å². The Morgan fingerprint density at radius 3 is 1.83 bits per heavy atom. The standard InChI is InChI=1S/C31H24N2O8/c1-18(35)26-15-20(4-14-28(26)40-17-34)29(36)19-3-13-25(27(16-19)31(38)39)30(37)33-22-7-11-24(12-8-22)41-23-9-5-21(32-2)6-10-23/h3-17,32H,1-2H3,(H,33,37)(H,38,39). The van der Waals surface area contributed by atoms with E-state index in [2.05, 4.69) is 10.6 Å². The molecular weight excluding hydrogens is 528 g/mol. The molecule has 0 aliphatic rings. The predicted molar refractivity (Wildman–Crippen MR) is 150 cm³/mol. The molecule has 0 atom stereocenters. The zero-order valence-corrected chi connectivity index (χ0v) is 22.0. The number of rotatable bonds is 11. The molecule has 3 N–H and O–H groups in total. The van der Waals surface area contributed by atoms with E-state index in [-0.39, 0.29) is 40.0 Å². The molecule has 0 spiro atoms. The highest BCUT2D eigenvalue weighted by molar-refractivity contribution is 6.15. The summed E-state index contributed by atoms with van der Waals surface area (Å²) in [7, 11) is 1.82. The highest BCUT2D eigenvalue weighted by atomic mass is 16.5. The number of carboxylic acids is 1. The number of amides is 1. The largest absolute Gasteiger partial charge is 0.478 e. The van der Waals surface area contributed by atoms with Crippen LogP contribution in [0.15, 0.2) is 84.9 Å². The smallest absolute Gasteiger partial charge is 0.336 e. The van der Waals surface area contributed by atoms with Crippen LogP contribution in [0.25, 0.3) is 0 Å². The third kappa shape index (κ3) is 6.63. The average Bonchev–Trinajstić information content (AvgIpc) is 2.98. The van der Waals surface area contributed by atoms with E-state index in [1.54, 1.807) is 24.3 Å². The first-order valence-corrected chi connectivity index (χ1v) is 12.2. The molecule has 10 nitrogen and oxygen atoms in total. The Morgan fingerprint density at radius 1 is 0.732 bits per heavy atom. The van der Waals surface area contributed by atoms with Gasteiger partial charge in [0.15, 0.2) is 11.6 Å². The number of carbonyl (C=O) groups excluding carboxylic acids is 4. The maximum atomic E-state index is 13.1. The lowest BCUT2D eigenvalue weighted by atomic mass is 9.96. The molecule has 41 heavy (non-hydrogen) atoms. The molecule has 0 radical (unpaired) electrons. The molecular formula is C31H24N2O8. The predicted octanol–water partition coefficient (Wildman–Crippen LogP) is 5.44. The second-order valence-electron chi connectivity index (χ2n) is 8.73. The minimum absolute atomic E-state index is 0.00919. The van der Waals surface area contributed by atoms with Crippen molar-refractivity contribution in [1.29, 1.82) is 0 Å². The van der Waals surface area contributed by atoms with Gasteiger partial charge in [-0.2, -0.15) is 0 Å². The Bertz CT molecular complexity index is 1640. The Balaban J connectivity index is 1.52. The van der Waals surface area contributed by atoms with Crippen LogP contribution in [0.2, 0.25) is 0 Å². The monoisotopic (exact) mass is 552 g/mol. The van der Waals surface area contributed by atoms with Crippen LogP contribution in [0.5, 0.6) is 17.2 Å². The van der Waals surface area contributed by atoms with Gasteiger partial charge in [0.05, 0.1) is 16.7 Å². The van der Waals surface area contributed by atoms with Crippen LogP contribution in [-0.2, 0) is 4.79 Å². The molecule has 0 heterocycles. The van der Waals surface area contributed by atoms with E-state index in [0.29, 0.717) is 17.2 Å².